The molecule has 0 saturated heterocycles. The van der Waals surface area contributed by atoms with Gasteiger partial charge >= 0.3 is 0 Å². The van der Waals surface area contributed by atoms with Gasteiger partial charge in [0, 0.05) is 6.54 Å². The van der Waals surface area contributed by atoms with Crippen LogP contribution in [0, 0.1) is 0 Å². The molecule has 0 radical (unpaired) electrons. The van der Waals surface area contributed by atoms with Gasteiger partial charge in [-0.1, -0.05) is 44.7 Å². The molecule has 2 N–H and O–H groups in total. The van der Waals surface area contributed by atoms with Crippen molar-refractivity contribution in [3.8, 4) is 0 Å². The lowest BCUT2D eigenvalue weighted by Crippen LogP contribution is -2.36. The Morgan fingerprint density at radius 1 is 1.21 bits per heavy atom. The Labute approximate surface area is 113 Å². The first-order chi connectivity index (χ1) is 6.43. The van der Waals surface area contributed by atoms with Crippen LogP contribution >= 0.6 is 62.3 Å². The highest BCUT2D eigenvalue weighted by Gasteiger charge is 2.01. The van der Waals surface area contributed by atoms with Crippen LogP contribution < -0.4 is 10.6 Å². The number of thiol groups is 3. The molecule has 0 amide bonds. The normalized spacial score (nSPS) is 10.6. The van der Waals surface area contributed by atoms with Crippen molar-refractivity contribution in [2.75, 3.05) is 6.54 Å². The van der Waals surface area contributed by atoms with E-state index in [4.69, 9.17) is 0 Å². The standard InChI is InChI=1S/C4H8N2S5.C3H8/c7-2(6-4(10)11)1-5-3(8)9;1-3-2/h2,7H,1H2,(H2,5,8,9)(H2,6,10,11);3H2,1-2H3. The van der Waals surface area contributed by atoms with Gasteiger partial charge in [-0.3, -0.25) is 0 Å². The lowest BCUT2D eigenvalue weighted by molar-refractivity contribution is 0.787. The predicted octanol–water partition coefficient (Wildman–Crippen LogP) is 2.27. The van der Waals surface area contributed by atoms with Gasteiger partial charge < -0.3 is 10.6 Å². The second-order valence-electron chi connectivity index (χ2n) is 2.36. The van der Waals surface area contributed by atoms with Gasteiger partial charge in [0.15, 0.2) is 0 Å². The number of hydrogen-bond donors (Lipinski definition) is 5. The largest absolute Gasteiger partial charge is 0.368 e. The zero-order valence-corrected chi connectivity index (χ0v) is 12.5. The Hall–Kier alpha value is 0.830. The number of rotatable bonds is 3. The fourth-order valence-electron chi connectivity index (χ4n) is 0.378. The van der Waals surface area contributed by atoms with E-state index in [1.165, 1.54) is 6.42 Å². The van der Waals surface area contributed by atoms with Gasteiger partial charge in [-0.2, -0.15) is 12.6 Å². The lowest BCUT2D eigenvalue weighted by Gasteiger charge is -2.12. The molecule has 1 unspecified atom stereocenters. The van der Waals surface area contributed by atoms with Crippen molar-refractivity contribution in [3.05, 3.63) is 0 Å². The molecule has 7 heteroatoms. The van der Waals surface area contributed by atoms with Crippen molar-refractivity contribution in [3.63, 3.8) is 0 Å². The van der Waals surface area contributed by atoms with Crippen LogP contribution in [0.15, 0.2) is 0 Å². The van der Waals surface area contributed by atoms with Crippen LogP contribution in [0.5, 0.6) is 0 Å². The van der Waals surface area contributed by atoms with Crippen LogP contribution in [0.4, 0.5) is 0 Å². The topological polar surface area (TPSA) is 24.1 Å². The number of hydrogen-bond acceptors (Lipinski definition) is 3. The first kappa shape index (κ1) is 17.2. The maximum absolute atomic E-state index is 4.68. The molecule has 0 aliphatic carbocycles. The van der Waals surface area contributed by atoms with Gasteiger partial charge in [0.1, 0.15) is 8.64 Å². The van der Waals surface area contributed by atoms with E-state index in [9.17, 15) is 0 Å². The maximum atomic E-state index is 4.68. The van der Waals surface area contributed by atoms with Gasteiger partial charge in [-0.25, -0.2) is 0 Å². The van der Waals surface area contributed by atoms with Crippen LogP contribution in [0.1, 0.15) is 20.3 Å². The Balaban J connectivity index is 0. The van der Waals surface area contributed by atoms with E-state index in [1.807, 2.05) is 0 Å². The SMILES string of the molecule is CCC.S=C(S)NCC(S)NC(=S)S. The molecule has 0 fully saturated rings. The summed E-state index contributed by atoms with van der Waals surface area (Å²) in [7, 11) is 0. The van der Waals surface area contributed by atoms with Crippen LogP contribution in [-0.4, -0.2) is 20.6 Å². The van der Waals surface area contributed by atoms with Crippen molar-refractivity contribution >= 4 is 71.0 Å². The minimum atomic E-state index is -0.0925. The molecule has 0 bridgehead atoms. The first-order valence-electron chi connectivity index (χ1n) is 4.08. The molecule has 0 rings (SSSR count). The van der Waals surface area contributed by atoms with E-state index in [-0.39, 0.29) is 5.37 Å². The van der Waals surface area contributed by atoms with Crippen LogP contribution in [0.3, 0.4) is 0 Å². The molecular weight excluding hydrogens is 272 g/mol. The Morgan fingerprint density at radius 3 is 1.93 bits per heavy atom. The van der Waals surface area contributed by atoms with Crippen LogP contribution in [0.2, 0.25) is 0 Å². The van der Waals surface area contributed by atoms with E-state index >= 15 is 0 Å². The summed E-state index contributed by atoms with van der Waals surface area (Å²) in [4.78, 5) is 0. The van der Waals surface area contributed by atoms with E-state index in [0.717, 1.165) is 0 Å². The lowest BCUT2D eigenvalue weighted by atomic mass is 10.6. The second-order valence-corrected chi connectivity index (χ2v) is 5.30. The molecule has 0 saturated carbocycles. The first-order valence-corrected chi connectivity index (χ1v) is 6.31. The molecule has 0 aromatic rings. The Bertz CT molecular complexity index is 173. The van der Waals surface area contributed by atoms with Crippen molar-refractivity contribution in [2.24, 2.45) is 0 Å². The average Bonchev–Trinajstić information content (AvgIpc) is 2.01. The van der Waals surface area contributed by atoms with Crippen molar-refractivity contribution in [1.29, 1.82) is 0 Å². The third-order valence-corrected chi connectivity index (χ3v) is 1.60. The van der Waals surface area contributed by atoms with Crippen LogP contribution in [0.25, 0.3) is 0 Å². The fourth-order valence-corrected chi connectivity index (χ4v) is 1.26. The van der Waals surface area contributed by atoms with E-state index in [2.05, 4.69) is 86.8 Å². The summed E-state index contributed by atoms with van der Waals surface area (Å²) in [5.74, 6) is 0. The summed E-state index contributed by atoms with van der Waals surface area (Å²) in [6, 6.07) is 0. The molecule has 0 aliphatic heterocycles. The summed E-state index contributed by atoms with van der Waals surface area (Å²) in [6.07, 6.45) is 1.25. The minimum Gasteiger partial charge on any atom is -0.368 e. The molecule has 0 spiro atoms. The summed E-state index contributed by atoms with van der Waals surface area (Å²) >= 11 is 21.2. The maximum Gasteiger partial charge on any atom is 0.131 e. The predicted molar refractivity (Wildman–Crippen MR) is 83.0 cm³/mol. The third kappa shape index (κ3) is 18.6. The monoisotopic (exact) mass is 288 g/mol. The zero-order chi connectivity index (χ0) is 11.6. The molecule has 14 heavy (non-hydrogen) atoms. The van der Waals surface area contributed by atoms with Gasteiger partial charge in [0.2, 0.25) is 0 Å². The second kappa shape index (κ2) is 11.9. The van der Waals surface area contributed by atoms with Crippen molar-refractivity contribution in [1.82, 2.24) is 10.6 Å². The summed E-state index contributed by atoms with van der Waals surface area (Å²) in [6.45, 7) is 4.81. The van der Waals surface area contributed by atoms with Gasteiger partial charge in [-0.05, 0) is 0 Å². The molecule has 2 nitrogen and oxygen atoms in total. The molecule has 84 valence electrons. The molecule has 0 aliphatic rings. The quantitative estimate of drug-likeness (QED) is 0.312. The highest BCUT2D eigenvalue weighted by molar-refractivity contribution is 8.11. The summed E-state index contributed by atoms with van der Waals surface area (Å²) in [5.41, 5.74) is 0. The Morgan fingerprint density at radius 2 is 1.64 bits per heavy atom. The molecule has 0 aromatic carbocycles. The number of nitrogens with one attached hydrogen (secondary N) is 2. The molecule has 0 aromatic heterocycles. The number of thiocarbonyl (C=S) groups is 2. The highest BCUT2D eigenvalue weighted by Crippen LogP contribution is 1.91. The van der Waals surface area contributed by atoms with E-state index in [1.54, 1.807) is 0 Å². The summed E-state index contributed by atoms with van der Waals surface area (Å²) < 4.78 is 0.854. The fraction of sp³-hybridized carbons (Fsp3) is 0.714. The average molecular weight is 289 g/mol. The van der Waals surface area contributed by atoms with Gasteiger partial charge in [-0.15, -0.1) is 25.3 Å². The molecular formula is C7H16N2S5. The Kier molecular flexibility index (Phi) is 14.6. The third-order valence-electron chi connectivity index (χ3n) is 0.737. The molecule has 0 heterocycles. The van der Waals surface area contributed by atoms with Crippen molar-refractivity contribution < 1.29 is 0 Å². The smallest absolute Gasteiger partial charge is 0.131 e. The van der Waals surface area contributed by atoms with E-state index < -0.39 is 0 Å². The van der Waals surface area contributed by atoms with E-state index in [0.29, 0.717) is 15.2 Å². The summed E-state index contributed by atoms with van der Waals surface area (Å²) in [5, 5.41) is 5.52. The molecule has 1 atom stereocenters. The van der Waals surface area contributed by atoms with Gasteiger partial charge in [0.05, 0.1) is 5.37 Å². The van der Waals surface area contributed by atoms with Gasteiger partial charge in [0.25, 0.3) is 0 Å². The minimum absolute atomic E-state index is 0.0925. The van der Waals surface area contributed by atoms with Crippen LogP contribution in [-0.2, 0) is 0 Å². The highest BCUT2D eigenvalue weighted by atomic mass is 32.1. The van der Waals surface area contributed by atoms with Crippen molar-refractivity contribution in [2.45, 2.75) is 25.6 Å². The zero-order valence-electron chi connectivity index (χ0n) is 8.15.